The van der Waals surface area contributed by atoms with Crippen LogP contribution < -0.4 is 5.32 Å². The maximum atomic E-state index is 12.4. The first-order valence-electron chi connectivity index (χ1n) is 9.65. The van der Waals surface area contributed by atoms with Crippen molar-refractivity contribution >= 4 is 61.8 Å². The quantitative estimate of drug-likeness (QED) is 0.121. The van der Waals surface area contributed by atoms with Crippen LogP contribution in [0.5, 0.6) is 0 Å². The van der Waals surface area contributed by atoms with E-state index in [1.807, 2.05) is 42.5 Å². The zero-order chi connectivity index (χ0) is 22.7. The predicted molar refractivity (Wildman–Crippen MR) is 133 cm³/mol. The number of rotatable bonds is 7. The van der Waals surface area contributed by atoms with Gasteiger partial charge in [0.2, 0.25) is 0 Å². The third-order valence-electron chi connectivity index (χ3n) is 4.83. The van der Waals surface area contributed by atoms with Crippen LogP contribution in [0.2, 0.25) is 5.02 Å². The van der Waals surface area contributed by atoms with Gasteiger partial charge in [0.1, 0.15) is 5.02 Å². The molecule has 0 aliphatic rings. The molecule has 0 bridgehead atoms. The summed E-state index contributed by atoms with van der Waals surface area (Å²) in [6.07, 6.45) is 0. The number of hydrogen-bond donors (Lipinski definition) is 2. The average molecular weight is 531 g/mol. The molecule has 0 aliphatic heterocycles. The molecule has 4 aromatic rings. The molecular formula is C23H17BrClN3O3S. The molecule has 1 amide bonds. The van der Waals surface area contributed by atoms with E-state index in [0.29, 0.717) is 12.3 Å². The van der Waals surface area contributed by atoms with Crippen molar-refractivity contribution in [2.75, 3.05) is 12.3 Å². The first-order chi connectivity index (χ1) is 15.4. The maximum absolute atomic E-state index is 12.4. The zero-order valence-corrected chi connectivity index (χ0v) is 19.8. The minimum absolute atomic E-state index is 0.00177. The SMILES string of the molecule is O=C(NCCSc1c(-c2ccc(Br)cc2)[nH]c2ccccc12)c1ccc(Cl)c([N+](=O)[O-])c1. The monoisotopic (exact) mass is 529 g/mol. The number of carbonyl (C=O) groups is 1. The maximum Gasteiger partial charge on any atom is 0.288 e. The second kappa shape index (κ2) is 9.77. The smallest absolute Gasteiger partial charge is 0.288 e. The van der Waals surface area contributed by atoms with Gasteiger partial charge >= 0.3 is 0 Å². The van der Waals surface area contributed by atoms with E-state index in [1.54, 1.807) is 11.8 Å². The Kier molecular flexibility index (Phi) is 6.83. The third kappa shape index (κ3) is 4.82. The minimum atomic E-state index is -0.602. The molecule has 6 nitrogen and oxygen atoms in total. The van der Waals surface area contributed by atoms with E-state index >= 15 is 0 Å². The Morgan fingerprint density at radius 2 is 1.88 bits per heavy atom. The van der Waals surface area contributed by atoms with Crippen molar-refractivity contribution in [2.45, 2.75) is 4.90 Å². The van der Waals surface area contributed by atoms with E-state index in [2.05, 4.69) is 32.3 Å². The topological polar surface area (TPSA) is 88.0 Å². The summed E-state index contributed by atoms with van der Waals surface area (Å²) in [4.78, 5) is 27.5. The number of aromatic nitrogens is 1. The van der Waals surface area contributed by atoms with Crippen LogP contribution in [-0.4, -0.2) is 28.1 Å². The first-order valence-corrected chi connectivity index (χ1v) is 11.8. The summed E-state index contributed by atoms with van der Waals surface area (Å²) in [6, 6.07) is 20.2. The number of nitrogens with zero attached hydrogens (tertiary/aromatic N) is 1. The number of H-pyrrole nitrogens is 1. The van der Waals surface area contributed by atoms with Crippen molar-refractivity contribution < 1.29 is 9.72 Å². The lowest BCUT2D eigenvalue weighted by Crippen LogP contribution is -2.25. The van der Waals surface area contributed by atoms with Gasteiger partial charge < -0.3 is 10.3 Å². The van der Waals surface area contributed by atoms with Gasteiger partial charge in [0.05, 0.1) is 10.6 Å². The minimum Gasteiger partial charge on any atom is -0.354 e. The molecule has 0 atom stereocenters. The summed E-state index contributed by atoms with van der Waals surface area (Å²) < 4.78 is 1.01. The lowest BCUT2D eigenvalue weighted by Gasteiger charge is -2.08. The molecule has 1 aromatic heterocycles. The number of fused-ring (bicyclic) bond motifs is 1. The molecule has 9 heteroatoms. The summed E-state index contributed by atoms with van der Waals surface area (Å²) >= 11 is 10.9. The zero-order valence-electron chi connectivity index (χ0n) is 16.6. The Bertz CT molecular complexity index is 1310. The lowest BCUT2D eigenvalue weighted by atomic mass is 10.1. The standard InChI is InChI=1S/C23H17BrClN3O3S/c24-16-8-5-14(6-9-16)21-22(17-3-1-2-4-19(17)27-21)32-12-11-26-23(29)15-7-10-18(25)20(13-15)28(30)31/h1-10,13,27H,11-12H2,(H,26,29). The van der Waals surface area contributed by atoms with Crippen LogP contribution in [0.3, 0.4) is 0 Å². The molecule has 0 fully saturated rings. The van der Waals surface area contributed by atoms with Crippen molar-refractivity contribution in [1.29, 1.82) is 0 Å². The van der Waals surface area contributed by atoms with E-state index in [-0.39, 0.29) is 22.2 Å². The number of hydrogen-bond acceptors (Lipinski definition) is 4. The number of benzene rings is 3. The third-order valence-corrected chi connectivity index (χ3v) is 6.80. The summed E-state index contributed by atoms with van der Waals surface area (Å²) in [5.41, 5.74) is 3.07. The number of thioether (sulfide) groups is 1. The molecule has 1 heterocycles. The number of nitro groups is 1. The number of para-hydroxylation sites is 1. The second-order valence-electron chi connectivity index (χ2n) is 6.91. The number of amides is 1. The summed E-state index contributed by atoms with van der Waals surface area (Å²) in [5, 5.41) is 15.0. The van der Waals surface area contributed by atoms with E-state index in [1.165, 1.54) is 18.2 Å². The average Bonchev–Trinajstić information content (AvgIpc) is 3.15. The van der Waals surface area contributed by atoms with Gasteiger partial charge in [-0.1, -0.05) is 57.9 Å². The van der Waals surface area contributed by atoms with Crippen LogP contribution >= 0.6 is 39.3 Å². The van der Waals surface area contributed by atoms with Gasteiger partial charge in [-0.05, 0) is 35.9 Å². The Morgan fingerprint density at radius 3 is 2.62 bits per heavy atom. The highest BCUT2D eigenvalue weighted by molar-refractivity contribution is 9.10. The molecule has 4 rings (SSSR count). The molecule has 0 saturated heterocycles. The normalized spacial score (nSPS) is 10.9. The number of aromatic amines is 1. The van der Waals surface area contributed by atoms with Crippen LogP contribution in [0.25, 0.3) is 22.2 Å². The highest BCUT2D eigenvalue weighted by Gasteiger charge is 2.17. The van der Waals surface area contributed by atoms with Crippen LogP contribution in [0, 0.1) is 10.1 Å². The number of carbonyl (C=O) groups excluding carboxylic acids is 1. The fourth-order valence-electron chi connectivity index (χ4n) is 3.30. The summed E-state index contributed by atoms with van der Waals surface area (Å²) in [6.45, 7) is 0.402. The fourth-order valence-corrected chi connectivity index (χ4v) is 4.81. The highest BCUT2D eigenvalue weighted by atomic mass is 79.9. The van der Waals surface area contributed by atoms with Crippen molar-refractivity contribution in [3.05, 3.63) is 91.9 Å². The molecule has 0 aliphatic carbocycles. The molecule has 3 aromatic carbocycles. The largest absolute Gasteiger partial charge is 0.354 e. The molecule has 0 unspecified atom stereocenters. The van der Waals surface area contributed by atoms with Gasteiger partial charge in [-0.2, -0.15) is 0 Å². The predicted octanol–water partition coefficient (Wildman–Crippen LogP) is 6.68. The number of halogens is 2. The first kappa shape index (κ1) is 22.4. The molecule has 32 heavy (non-hydrogen) atoms. The molecule has 2 N–H and O–H groups in total. The van der Waals surface area contributed by atoms with Gasteiger partial charge in [0.15, 0.2) is 0 Å². The van der Waals surface area contributed by atoms with Gasteiger partial charge in [-0.25, -0.2) is 0 Å². The second-order valence-corrected chi connectivity index (χ2v) is 9.34. The van der Waals surface area contributed by atoms with Crippen LogP contribution in [-0.2, 0) is 0 Å². The van der Waals surface area contributed by atoms with Crippen LogP contribution in [0.1, 0.15) is 10.4 Å². The Morgan fingerprint density at radius 1 is 1.12 bits per heavy atom. The highest BCUT2D eigenvalue weighted by Crippen LogP contribution is 2.37. The molecule has 0 radical (unpaired) electrons. The molecular weight excluding hydrogens is 514 g/mol. The van der Waals surface area contributed by atoms with Crippen LogP contribution in [0.15, 0.2) is 76.1 Å². The Hall–Kier alpha value is -2.81. The summed E-state index contributed by atoms with van der Waals surface area (Å²) in [7, 11) is 0. The van der Waals surface area contributed by atoms with Crippen LogP contribution in [0.4, 0.5) is 5.69 Å². The summed E-state index contributed by atoms with van der Waals surface area (Å²) in [5.74, 6) is 0.254. The lowest BCUT2D eigenvalue weighted by molar-refractivity contribution is -0.384. The molecule has 0 saturated carbocycles. The molecule has 0 spiro atoms. The van der Waals surface area contributed by atoms with Gasteiger partial charge in [-0.15, -0.1) is 11.8 Å². The van der Waals surface area contributed by atoms with Gasteiger partial charge in [-0.3, -0.25) is 14.9 Å². The van der Waals surface area contributed by atoms with E-state index in [4.69, 9.17) is 11.6 Å². The van der Waals surface area contributed by atoms with Crippen molar-refractivity contribution in [3.63, 3.8) is 0 Å². The van der Waals surface area contributed by atoms with Gasteiger partial charge in [0.25, 0.3) is 11.6 Å². The Balaban J connectivity index is 1.47. The fraction of sp³-hybridized carbons (Fsp3) is 0.0870. The van der Waals surface area contributed by atoms with Crippen molar-refractivity contribution in [1.82, 2.24) is 10.3 Å². The van der Waals surface area contributed by atoms with E-state index < -0.39 is 4.92 Å². The van der Waals surface area contributed by atoms with Gasteiger partial charge in [0, 0.05) is 44.2 Å². The van der Waals surface area contributed by atoms with Crippen molar-refractivity contribution in [2.24, 2.45) is 0 Å². The number of nitro benzene ring substituents is 1. The number of nitrogens with one attached hydrogen (secondary N) is 2. The van der Waals surface area contributed by atoms with E-state index in [0.717, 1.165) is 31.5 Å². The Labute approximate surface area is 201 Å². The van der Waals surface area contributed by atoms with E-state index in [9.17, 15) is 14.9 Å². The molecule has 162 valence electrons. The van der Waals surface area contributed by atoms with Crippen molar-refractivity contribution in [3.8, 4) is 11.3 Å².